The van der Waals surface area contributed by atoms with Crippen LogP contribution in [0.5, 0.6) is 0 Å². The molecule has 1 aliphatic carbocycles. The fourth-order valence-corrected chi connectivity index (χ4v) is 4.51. The van der Waals surface area contributed by atoms with Crippen molar-refractivity contribution in [2.75, 3.05) is 0 Å². The molecule has 0 bridgehead atoms. The van der Waals surface area contributed by atoms with Crippen molar-refractivity contribution in [1.29, 1.82) is 0 Å². The lowest BCUT2D eigenvalue weighted by molar-refractivity contribution is -0.0958. The van der Waals surface area contributed by atoms with Crippen LogP contribution >= 0.6 is 11.6 Å². The van der Waals surface area contributed by atoms with Gasteiger partial charge in [0.05, 0.1) is 16.9 Å². The molecule has 1 aromatic heterocycles. The fraction of sp³-hybridized carbons (Fsp3) is 0.786. The summed E-state index contributed by atoms with van der Waals surface area (Å²) in [5, 5.41) is 15.8. The van der Waals surface area contributed by atoms with Gasteiger partial charge < -0.3 is 5.11 Å². The molecule has 1 fully saturated rings. The number of nitrogens with zero attached hydrogens (tertiary/aromatic N) is 2. The van der Waals surface area contributed by atoms with E-state index in [1.165, 1.54) is 0 Å². The van der Waals surface area contributed by atoms with Crippen molar-refractivity contribution in [3.05, 3.63) is 16.9 Å². The zero-order chi connectivity index (χ0) is 13.8. The zero-order valence-electron chi connectivity index (χ0n) is 11.9. The standard InChI is InChI=1S/C14H23ClN2O/c1-12(2)7-13(3,4)9-14(18,8-12)11-10(15)6-16-17(11)5/h6,18H,7-9H2,1-5H3. The van der Waals surface area contributed by atoms with E-state index in [0.29, 0.717) is 5.02 Å². The van der Waals surface area contributed by atoms with Crippen LogP contribution in [0.4, 0.5) is 0 Å². The third kappa shape index (κ3) is 2.43. The summed E-state index contributed by atoms with van der Waals surface area (Å²) in [6.07, 6.45) is 4.17. The highest BCUT2D eigenvalue weighted by Gasteiger charge is 2.49. The number of rotatable bonds is 1. The number of hydrogen-bond acceptors (Lipinski definition) is 2. The van der Waals surface area contributed by atoms with Crippen LogP contribution in [0.2, 0.25) is 5.02 Å². The minimum atomic E-state index is -0.881. The highest BCUT2D eigenvalue weighted by Crippen LogP contribution is 2.54. The first-order chi connectivity index (χ1) is 8.05. The Labute approximate surface area is 114 Å². The first-order valence-electron chi connectivity index (χ1n) is 6.45. The van der Waals surface area contributed by atoms with Crippen molar-refractivity contribution in [2.24, 2.45) is 17.9 Å². The van der Waals surface area contributed by atoms with Crippen molar-refractivity contribution in [1.82, 2.24) is 9.78 Å². The van der Waals surface area contributed by atoms with Crippen molar-refractivity contribution >= 4 is 11.6 Å². The summed E-state index contributed by atoms with van der Waals surface area (Å²) < 4.78 is 1.71. The van der Waals surface area contributed by atoms with Crippen molar-refractivity contribution < 1.29 is 5.11 Å². The summed E-state index contributed by atoms with van der Waals surface area (Å²) in [5.41, 5.74) is 0.0759. The zero-order valence-corrected chi connectivity index (χ0v) is 12.7. The van der Waals surface area contributed by atoms with Gasteiger partial charge in [-0.3, -0.25) is 4.68 Å². The molecule has 0 radical (unpaired) electrons. The van der Waals surface area contributed by atoms with E-state index in [-0.39, 0.29) is 10.8 Å². The lowest BCUT2D eigenvalue weighted by atomic mass is 9.59. The summed E-state index contributed by atoms with van der Waals surface area (Å²) in [5.74, 6) is 0. The normalized spacial score (nSPS) is 25.1. The third-order valence-electron chi connectivity index (χ3n) is 3.83. The van der Waals surface area contributed by atoms with Crippen molar-refractivity contribution in [3.63, 3.8) is 0 Å². The minimum absolute atomic E-state index is 0.101. The van der Waals surface area contributed by atoms with Gasteiger partial charge in [0.15, 0.2) is 0 Å². The second-order valence-electron chi connectivity index (χ2n) is 7.36. The maximum absolute atomic E-state index is 11.1. The Bertz CT molecular complexity index is 427. The first kappa shape index (κ1) is 13.9. The van der Waals surface area contributed by atoms with Gasteiger partial charge in [-0.2, -0.15) is 5.10 Å². The number of aryl methyl sites for hydroxylation is 1. The number of aromatic nitrogens is 2. The summed E-state index contributed by atoms with van der Waals surface area (Å²) >= 11 is 6.21. The van der Waals surface area contributed by atoms with Crippen LogP contribution in [0.3, 0.4) is 0 Å². The van der Waals surface area contributed by atoms with Gasteiger partial charge in [-0.1, -0.05) is 39.3 Å². The largest absolute Gasteiger partial charge is 0.383 e. The molecule has 3 nitrogen and oxygen atoms in total. The third-order valence-corrected chi connectivity index (χ3v) is 4.11. The number of halogens is 1. The van der Waals surface area contributed by atoms with E-state index >= 15 is 0 Å². The second-order valence-corrected chi connectivity index (χ2v) is 7.76. The van der Waals surface area contributed by atoms with Crippen LogP contribution in [0.1, 0.15) is 52.7 Å². The van der Waals surface area contributed by atoms with E-state index in [1.807, 2.05) is 7.05 Å². The maximum atomic E-state index is 11.1. The summed E-state index contributed by atoms with van der Waals surface area (Å²) in [6, 6.07) is 0. The SMILES string of the molecule is Cn1ncc(Cl)c1C1(O)CC(C)(C)CC(C)(C)C1. The average molecular weight is 271 g/mol. The summed E-state index contributed by atoms with van der Waals surface area (Å²) in [6.45, 7) is 8.85. The Hall–Kier alpha value is -0.540. The van der Waals surface area contributed by atoms with Crippen LogP contribution in [0.25, 0.3) is 0 Å². The lowest BCUT2D eigenvalue weighted by Crippen LogP contribution is -2.45. The highest BCUT2D eigenvalue weighted by atomic mass is 35.5. The van der Waals surface area contributed by atoms with Crippen molar-refractivity contribution in [2.45, 2.75) is 52.6 Å². The molecular formula is C14H23ClN2O. The monoisotopic (exact) mass is 270 g/mol. The molecule has 102 valence electrons. The Morgan fingerprint density at radius 1 is 1.17 bits per heavy atom. The molecule has 4 heteroatoms. The molecule has 0 spiro atoms. The molecule has 0 saturated heterocycles. The Morgan fingerprint density at radius 2 is 1.67 bits per heavy atom. The lowest BCUT2D eigenvalue weighted by Gasteiger charge is -2.49. The Kier molecular flexibility index (Phi) is 3.07. The predicted molar refractivity (Wildman–Crippen MR) is 73.5 cm³/mol. The molecule has 1 aliphatic rings. The van der Waals surface area contributed by atoms with Crippen molar-refractivity contribution in [3.8, 4) is 0 Å². The van der Waals surface area contributed by atoms with Gasteiger partial charge in [0.1, 0.15) is 5.60 Å². The molecule has 0 aliphatic heterocycles. The van der Waals surface area contributed by atoms with Gasteiger partial charge in [0.25, 0.3) is 0 Å². The molecular weight excluding hydrogens is 248 g/mol. The van der Waals surface area contributed by atoms with Crippen LogP contribution in [0.15, 0.2) is 6.20 Å². The van der Waals surface area contributed by atoms with Crippen LogP contribution < -0.4 is 0 Å². The molecule has 0 unspecified atom stereocenters. The molecule has 0 aromatic carbocycles. The minimum Gasteiger partial charge on any atom is -0.383 e. The van der Waals surface area contributed by atoms with E-state index in [0.717, 1.165) is 25.0 Å². The van der Waals surface area contributed by atoms with Gasteiger partial charge in [-0.15, -0.1) is 0 Å². The van der Waals surface area contributed by atoms with E-state index in [1.54, 1.807) is 10.9 Å². The van der Waals surface area contributed by atoms with Crippen LogP contribution in [0, 0.1) is 10.8 Å². The van der Waals surface area contributed by atoms with E-state index in [9.17, 15) is 5.11 Å². The average Bonchev–Trinajstić information content (AvgIpc) is 2.39. The Morgan fingerprint density at radius 3 is 2.06 bits per heavy atom. The van der Waals surface area contributed by atoms with Gasteiger partial charge >= 0.3 is 0 Å². The van der Waals surface area contributed by atoms with E-state index < -0.39 is 5.60 Å². The van der Waals surface area contributed by atoms with E-state index in [2.05, 4.69) is 32.8 Å². The Balaban J connectivity index is 2.48. The summed E-state index contributed by atoms with van der Waals surface area (Å²) in [4.78, 5) is 0. The second kappa shape index (κ2) is 3.97. The smallest absolute Gasteiger partial charge is 0.109 e. The summed E-state index contributed by atoms with van der Waals surface area (Å²) in [7, 11) is 1.84. The van der Waals surface area contributed by atoms with E-state index in [4.69, 9.17) is 11.6 Å². The fourth-order valence-electron chi connectivity index (χ4n) is 4.17. The first-order valence-corrected chi connectivity index (χ1v) is 6.83. The maximum Gasteiger partial charge on any atom is 0.109 e. The molecule has 18 heavy (non-hydrogen) atoms. The molecule has 1 saturated carbocycles. The van der Waals surface area contributed by atoms with Gasteiger partial charge in [0, 0.05) is 7.05 Å². The number of aliphatic hydroxyl groups is 1. The topological polar surface area (TPSA) is 38.0 Å². The van der Waals surface area contributed by atoms with Crippen LogP contribution in [-0.4, -0.2) is 14.9 Å². The quantitative estimate of drug-likeness (QED) is 0.848. The molecule has 1 aromatic rings. The number of hydrogen-bond donors (Lipinski definition) is 1. The van der Waals surface area contributed by atoms with Gasteiger partial charge in [0.2, 0.25) is 0 Å². The molecule has 2 rings (SSSR count). The molecule has 1 heterocycles. The van der Waals surface area contributed by atoms with Gasteiger partial charge in [-0.25, -0.2) is 0 Å². The van der Waals surface area contributed by atoms with Crippen LogP contribution in [-0.2, 0) is 12.6 Å². The molecule has 1 N–H and O–H groups in total. The molecule has 0 amide bonds. The predicted octanol–water partition coefficient (Wildman–Crippen LogP) is 3.50. The molecule has 0 atom stereocenters. The van der Waals surface area contributed by atoms with Gasteiger partial charge in [-0.05, 0) is 30.1 Å². The highest BCUT2D eigenvalue weighted by molar-refractivity contribution is 6.31.